The monoisotopic (exact) mass is 259 g/mol. The number of hydrogen-bond donors (Lipinski definition) is 0. The molecule has 1 saturated heterocycles. The van der Waals surface area contributed by atoms with E-state index in [0.717, 1.165) is 25.1 Å². The lowest BCUT2D eigenvalue weighted by Gasteiger charge is -2.12. The zero-order valence-electron chi connectivity index (χ0n) is 9.25. The second kappa shape index (κ2) is 5.37. The number of likely N-dealkylation sites (tertiary alicyclic amines) is 1. The van der Waals surface area contributed by atoms with Gasteiger partial charge in [-0.15, -0.1) is 0 Å². The van der Waals surface area contributed by atoms with Gasteiger partial charge in [-0.05, 0) is 31.2 Å². The Labute approximate surface area is 106 Å². The van der Waals surface area contributed by atoms with Crippen LogP contribution in [0.15, 0.2) is 18.2 Å². The number of nitrogens with zero attached hydrogens (tertiary/aromatic N) is 1. The molecule has 0 radical (unpaired) electrons. The molecule has 1 fully saturated rings. The molecule has 1 unspecified atom stereocenters. The van der Waals surface area contributed by atoms with Crippen LogP contribution in [0, 0.1) is 0 Å². The molecule has 0 aliphatic carbocycles. The first-order valence-electron chi connectivity index (χ1n) is 5.39. The summed E-state index contributed by atoms with van der Waals surface area (Å²) < 4.78 is 5.81. The summed E-state index contributed by atoms with van der Waals surface area (Å²) in [6.45, 7) is 2.68. The third-order valence-corrected chi connectivity index (χ3v) is 3.42. The van der Waals surface area contributed by atoms with E-state index in [2.05, 4.69) is 11.9 Å². The van der Waals surface area contributed by atoms with Gasteiger partial charge in [0.05, 0.1) is 12.7 Å². The van der Waals surface area contributed by atoms with Crippen LogP contribution in [0.1, 0.15) is 12.0 Å². The summed E-state index contributed by atoms with van der Waals surface area (Å²) in [5, 5.41) is 1.34. The molecule has 1 atom stereocenters. The lowest BCUT2D eigenvalue weighted by molar-refractivity contribution is 0.0484. The fraction of sp³-hybridized carbons (Fsp3) is 0.500. The van der Waals surface area contributed by atoms with Crippen molar-refractivity contribution >= 4 is 23.2 Å². The Morgan fingerprint density at radius 2 is 2.25 bits per heavy atom. The molecule has 1 heterocycles. The smallest absolute Gasteiger partial charge is 0.0735 e. The number of benzene rings is 1. The van der Waals surface area contributed by atoms with E-state index in [0.29, 0.717) is 22.8 Å². The lowest BCUT2D eigenvalue weighted by atomic mass is 10.2. The van der Waals surface area contributed by atoms with E-state index < -0.39 is 0 Å². The molecule has 1 aromatic carbocycles. The predicted octanol–water partition coefficient (Wildman–Crippen LogP) is 3.21. The summed E-state index contributed by atoms with van der Waals surface area (Å²) in [7, 11) is 2.11. The summed E-state index contributed by atoms with van der Waals surface area (Å²) in [4.78, 5) is 2.27. The molecule has 2 rings (SSSR count). The first-order chi connectivity index (χ1) is 7.65. The fourth-order valence-electron chi connectivity index (χ4n) is 1.88. The van der Waals surface area contributed by atoms with Crippen molar-refractivity contribution in [2.45, 2.75) is 19.1 Å². The number of likely N-dealkylation sites (N-methyl/N-ethyl adjacent to an activating group) is 1. The highest BCUT2D eigenvalue weighted by Gasteiger charge is 2.19. The molecule has 1 aliphatic rings. The van der Waals surface area contributed by atoms with Gasteiger partial charge >= 0.3 is 0 Å². The van der Waals surface area contributed by atoms with E-state index in [1.54, 1.807) is 6.07 Å². The molecule has 1 aromatic rings. The first kappa shape index (κ1) is 12.2. The third kappa shape index (κ3) is 3.11. The normalized spacial score (nSPS) is 21.6. The van der Waals surface area contributed by atoms with Crippen molar-refractivity contribution in [2.24, 2.45) is 0 Å². The van der Waals surface area contributed by atoms with Crippen molar-refractivity contribution in [1.29, 1.82) is 0 Å². The SMILES string of the molecule is CN1CCC(OCc2ccc(Cl)cc2Cl)C1. The van der Waals surface area contributed by atoms with E-state index in [1.165, 1.54) is 0 Å². The standard InChI is InChI=1S/C12H15Cl2NO/c1-15-5-4-11(7-15)16-8-9-2-3-10(13)6-12(9)14/h2-3,6,11H,4-5,7-8H2,1H3. The predicted molar refractivity (Wildman–Crippen MR) is 67.2 cm³/mol. The second-order valence-electron chi connectivity index (χ2n) is 4.22. The van der Waals surface area contributed by atoms with Gasteiger partial charge in [0, 0.05) is 23.1 Å². The van der Waals surface area contributed by atoms with Gasteiger partial charge in [-0.1, -0.05) is 29.3 Å². The number of hydrogen-bond acceptors (Lipinski definition) is 2. The van der Waals surface area contributed by atoms with Crippen LogP contribution < -0.4 is 0 Å². The molecular weight excluding hydrogens is 245 g/mol. The molecule has 0 bridgehead atoms. The average molecular weight is 260 g/mol. The molecule has 0 aromatic heterocycles. The highest BCUT2D eigenvalue weighted by atomic mass is 35.5. The summed E-state index contributed by atoms with van der Waals surface area (Å²) >= 11 is 11.9. The van der Waals surface area contributed by atoms with Crippen molar-refractivity contribution < 1.29 is 4.74 Å². The van der Waals surface area contributed by atoms with Crippen molar-refractivity contribution in [3.05, 3.63) is 33.8 Å². The van der Waals surface area contributed by atoms with E-state index >= 15 is 0 Å². The van der Waals surface area contributed by atoms with Crippen LogP contribution in [0.3, 0.4) is 0 Å². The molecule has 16 heavy (non-hydrogen) atoms. The largest absolute Gasteiger partial charge is 0.372 e. The third-order valence-electron chi connectivity index (χ3n) is 2.84. The van der Waals surface area contributed by atoms with Gasteiger partial charge in [-0.3, -0.25) is 0 Å². The Morgan fingerprint density at radius 1 is 1.44 bits per heavy atom. The molecule has 0 amide bonds. The molecule has 0 spiro atoms. The maximum Gasteiger partial charge on any atom is 0.0735 e. The van der Waals surface area contributed by atoms with E-state index in [1.807, 2.05) is 12.1 Å². The Bertz CT molecular complexity index is 370. The Balaban J connectivity index is 1.89. The lowest BCUT2D eigenvalue weighted by Crippen LogP contribution is -2.19. The van der Waals surface area contributed by atoms with Gasteiger partial charge in [-0.25, -0.2) is 0 Å². The fourth-order valence-corrected chi connectivity index (χ4v) is 2.34. The van der Waals surface area contributed by atoms with E-state index in [9.17, 15) is 0 Å². The Hall–Kier alpha value is -0.280. The summed E-state index contributed by atoms with van der Waals surface area (Å²) in [5.74, 6) is 0. The molecule has 4 heteroatoms. The van der Waals surface area contributed by atoms with Crippen LogP contribution in [0.2, 0.25) is 10.0 Å². The van der Waals surface area contributed by atoms with Gasteiger partial charge in [-0.2, -0.15) is 0 Å². The summed E-state index contributed by atoms with van der Waals surface area (Å²) in [6.07, 6.45) is 1.43. The van der Waals surface area contributed by atoms with Crippen molar-refractivity contribution in [3.63, 3.8) is 0 Å². The van der Waals surface area contributed by atoms with Crippen molar-refractivity contribution in [3.8, 4) is 0 Å². The quantitative estimate of drug-likeness (QED) is 0.827. The van der Waals surface area contributed by atoms with Gasteiger partial charge < -0.3 is 9.64 Å². The summed E-state index contributed by atoms with van der Waals surface area (Å²) in [6, 6.07) is 5.51. The topological polar surface area (TPSA) is 12.5 Å². The minimum absolute atomic E-state index is 0.330. The van der Waals surface area contributed by atoms with Crippen molar-refractivity contribution in [1.82, 2.24) is 4.90 Å². The van der Waals surface area contributed by atoms with Crippen molar-refractivity contribution in [2.75, 3.05) is 20.1 Å². The van der Waals surface area contributed by atoms with Gasteiger partial charge in [0.2, 0.25) is 0 Å². The van der Waals surface area contributed by atoms with Crippen LogP contribution in [0.25, 0.3) is 0 Å². The number of halogens is 2. The molecule has 0 saturated carbocycles. The number of rotatable bonds is 3. The average Bonchev–Trinajstić information content (AvgIpc) is 2.63. The Kier molecular flexibility index (Phi) is 4.09. The van der Waals surface area contributed by atoms with Crippen LogP contribution in [-0.4, -0.2) is 31.1 Å². The van der Waals surface area contributed by atoms with Gasteiger partial charge in [0.1, 0.15) is 0 Å². The van der Waals surface area contributed by atoms with E-state index in [4.69, 9.17) is 27.9 Å². The zero-order valence-corrected chi connectivity index (χ0v) is 10.8. The van der Waals surface area contributed by atoms with Crippen LogP contribution >= 0.6 is 23.2 Å². The van der Waals surface area contributed by atoms with E-state index in [-0.39, 0.29) is 0 Å². The maximum absolute atomic E-state index is 6.07. The molecule has 1 aliphatic heterocycles. The summed E-state index contributed by atoms with van der Waals surface area (Å²) in [5.41, 5.74) is 1.00. The van der Waals surface area contributed by atoms with Crippen LogP contribution in [-0.2, 0) is 11.3 Å². The molecular formula is C12H15Cl2NO. The highest BCUT2D eigenvalue weighted by molar-refractivity contribution is 6.35. The minimum atomic E-state index is 0.330. The zero-order chi connectivity index (χ0) is 11.5. The molecule has 0 N–H and O–H groups in total. The molecule has 2 nitrogen and oxygen atoms in total. The second-order valence-corrected chi connectivity index (χ2v) is 5.06. The Morgan fingerprint density at radius 3 is 2.88 bits per heavy atom. The van der Waals surface area contributed by atoms with Gasteiger partial charge in [0.15, 0.2) is 0 Å². The van der Waals surface area contributed by atoms with Gasteiger partial charge in [0.25, 0.3) is 0 Å². The molecule has 88 valence electrons. The maximum atomic E-state index is 6.07. The first-order valence-corrected chi connectivity index (χ1v) is 6.15. The minimum Gasteiger partial charge on any atom is -0.372 e. The number of ether oxygens (including phenoxy) is 1. The highest BCUT2D eigenvalue weighted by Crippen LogP contribution is 2.22. The van der Waals surface area contributed by atoms with Crippen LogP contribution in [0.5, 0.6) is 0 Å². The van der Waals surface area contributed by atoms with Crippen LogP contribution in [0.4, 0.5) is 0 Å².